The fourth-order valence-electron chi connectivity index (χ4n) is 2.65. The highest BCUT2D eigenvalue weighted by molar-refractivity contribution is 7.89. The number of nitrogens with zero attached hydrogens (tertiary/aromatic N) is 1. The van der Waals surface area contributed by atoms with Crippen LogP contribution in [0.25, 0.3) is 0 Å². The molecular weight excluding hydrogens is 292 g/mol. The van der Waals surface area contributed by atoms with Crippen molar-refractivity contribution in [1.29, 1.82) is 0 Å². The minimum Gasteiger partial charge on any atom is -0.353 e. The molecule has 0 radical (unpaired) electrons. The Bertz CT molecular complexity index is 649. The van der Waals surface area contributed by atoms with Crippen LogP contribution in [0.3, 0.4) is 0 Å². The smallest absolute Gasteiger partial charge is 0.244 e. The number of hydrogen-bond donors (Lipinski definition) is 3. The summed E-state index contributed by atoms with van der Waals surface area (Å²) < 4.78 is 27.0. The number of nitrogens with two attached hydrogens (primary N) is 1. The zero-order chi connectivity index (χ0) is 15.8. The number of nitrogens with one attached hydrogen (secondary N) is 2. The van der Waals surface area contributed by atoms with Crippen LogP contribution in [0.1, 0.15) is 18.1 Å². The Morgan fingerprint density at radius 1 is 1.33 bits per heavy atom. The van der Waals surface area contributed by atoms with Crippen molar-refractivity contribution >= 4 is 21.6 Å². The molecule has 1 unspecified atom stereocenters. The van der Waals surface area contributed by atoms with Crippen molar-refractivity contribution in [1.82, 2.24) is 9.62 Å². The van der Waals surface area contributed by atoms with Crippen LogP contribution >= 0.6 is 0 Å². The van der Waals surface area contributed by atoms with Crippen molar-refractivity contribution in [3.05, 3.63) is 23.3 Å². The fraction of sp³-hybridized carbons (Fsp3) is 0.462. The van der Waals surface area contributed by atoms with Gasteiger partial charge in [0.2, 0.25) is 15.9 Å². The number of amides is 1. The molecule has 0 aliphatic carbocycles. The molecule has 1 aromatic carbocycles. The molecule has 21 heavy (non-hydrogen) atoms. The van der Waals surface area contributed by atoms with Gasteiger partial charge in [0.1, 0.15) is 6.04 Å². The summed E-state index contributed by atoms with van der Waals surface area (Å²) in [5.41, 5.74) is 4.35. The zero-order valence-electron chi connectivity index (χ0n) is 12.3. The average molecular weight is 312 g/mol. The van der Waals surface area contributed by atoms with E-state index in [2.05, 4.69) is 10.7 Å². The number of anilines is 1. The molecule has 1 aliphatic rings. The van der Waals surface area contributed by atoms with Gasteiger partial charge >= 0.3 is 0 Å². The van der Waals surface area contributed by atoms with Crippen molar-refractivity contribution in [2.75, 3.05) is 18.5 Å². The van der Waals surface area contributed by atoms with E-state index in [1.165, 1.54) is 4.31 Å². The van der Waals surface area contributed by atoms with Gasteiger partial charge in [0.05, 0.1) is 4.90 Å². The predicted octanol–water partition coefficient (Wildman–Crippen LogP) is 0.0980. The Hall–Kier alpha value is -1.64. The van der Waals surface area contributed by atoms with Gasteiger partial charge in [-0.2, -0.15) is 4.31 Å². The number of sulfonamides is 1. The van der Waals surface area contributed by atoms with Gasteiger partial charge in [-0.1, -0.05) is 0 Å². The Morgan fingerprint density at radius 3 is 2.43 bits per heavy atom. The quantitative estimate of drug-likeness (QED) is 0.542. The number of piperazine rings is 1. The highest BCUT2D eigenvalue weighted by atomic mass is 32.2. The number of nitrogen functional groups attached to an aromatic ring is 1. The lowest BCUT2D eigenvalue weighted by Gasteiger charge is -2.32. The molecule has 1 saturated heterocycles. The van der Waals surface area contributed by atoms with Gasteiger partial charge in [0.15, 0.2) is 0 Å². The first kappa shape index (κ1) is 15.7. The van der Waals surface area contributed by atoms with E-state index in [4.69, 9.17) is 5.84 Å². The van der Waals surface area contributed by atoms with Crippen LogP contribution in [0.15, 0.2) is 17.0 Å². The topological polar surface area (TPSA) is 105 Å². The first-order valence-electron chi connectivity index (χ1n) is 6.66. The molecule has 7 nitrogen and oxygen atoms in total. The normalized spacial score (nSPS) is 20.2. The van der Waals surface area contributed by atoms with Gasteiger partial charge in [-0.3, -0.25) is 10.6 Å². The van der Waals surface area contributed by atoms with E-state index in [9.17, 15) is 13.2 Å². The fourth-order valence-corrected chi connectivity index (χ4v) is 4.66. The van der Waals surface area contributed by atoms with Gasteiger partial charge in [-0.15, -0.1) is 0 Å². The Kier molecular flexibility index (Phi) is 4.22. The maximum atomic E-state index is 12.9. The van der Waals surface area contributed by atoms with E-state index in [-0.39, 0.29) is 17.3 Å². The molecule has 4 N–H and O–H groups in total. The van der Waals surface area contributed by atoms with Crippen LogP contribution in [0.4, 0.5) is 5.69 Å². The zero-order valence-corrected chi connectivity index (χ0v) is 13.1. The molecule has 1 atom stereocenters. The maximum absolute atomic E-state index is 12.9. The third-order valence-electron chi connectivity index (χ3n) is 3.64. The first-order valence-corrected chi connectivity index (χ1v) is 8.10. The molecular formula is C13H20N4O3S. The van der Waals surface area contributed by atoms with Crippen LogP contribution in [0.2, 0.25) is 0 Å². The lowest BCUT2D eigenvalue weighted by molar-refractivity contribution is -0.126. The first-order chi connectivity index (χ1) is 9.78. The highest BCUT2D eigenvalue weighted by Crippen LogP contribution is 2.28. The lowest BCUT2D eigenvalue weighted by atomic mass is 10.1. The lowest BCUT2D eigenvalue weighted by Crippen LogP contribution is -2.55. The third-order valence-corrected chi connectivity index (χ3v) is 5.91. The van der Waals surface area contributed by atoms with Crippen molar-refractivity contribution in [2.45, 2.75) is 31.7 Å². The van der Waals surface area contributed by atoms with Crippen molar-refractivity contribution in [3.8, 4) is 0 Å². The SMILES string of the molecule is Cc1cc(NN)cc(C)c1S(=O)(=O)N1CCNC(=O)C1C. The minimum absolute atomic E-state index is 0.239. The number of benzene rings is 1. The van der Waals surface area contributed by atoms with Crippen molar-refractivity contribution < 1.29 is 13.2 Å². The molecule has 0 spiro atoms. The van der Waals surface area contributed by atoms with E-state index in [0.717, 1.165) is 0 Å². The summed E-state index contributed by atoms with van der Waals surface area (Å²) in [5.74, 6) is 5.09. The van der Waals surface area contributed by atoms with E-state index in [1.54, 1.807) is 32.9 Å². The monoisotopic (exact) mass is 312 g/mol. The summed E-state index contributed by atoms with van der Waals surface area (Å²) in [4.78, 5) is 11.9. The van der Waals surface area contributed by atoms with Gasteiger partial charge in [0, 0.05) is 18.8 Å². The Labute approximate surface area is 124 Å². The Balaban J connectivity index is 2.52. The summed E-state index contributed by atoms with van der Waals surface area (Å²) in [6.45, 7) is 5.62. The molecule has 2 rings (SSSR count). The molecule has 0 saturated carbocycles. The maximum Gasteiger partial charge on any atom is 0.244 e. The molecule has 1 heterocycles. The standard InChI is InChI=1S/C13H20N4O3S/c1-8-6-11(16-14)7-9(2)12(8)21(19,20)17-5-4-15-13(18)10(17)3/h6-7,10,16H,4-5,14H2,1-3H3,(H,15,18). The van der Waals surface area contributed by atoms with Gasteiger partial charge < -0.3 is 10.7 Å². The summed E-state index contributed by atoms with van der Waals surface area (Å²) in [5, 5.41) is 2.66. The number of hydrazine groups is 1. The second-order valence-corrected chi connectivity index (χ2v) is 6.99. The van der Waals surface area contributed by atoms with Crippen LogP contribution in [-0.2, 0) is 14.8 Å². The predicted molar refractivity (Wildman–Crippen MR) is 80.1 cm³/mol. The molecule has 1 amide bonds. The summed E-state index contributed by atoms with van der Waals surface area (Å²) in [6, 6.07) is 2.64. The van der Waals surface area contributed by atoms with Crippen LogP contribution in [0.5, 0.6) is 0 Å². The second-order valence-electron chi connectivity index (χ2n) is 5.17. The van der Waals surface area contributed by atoms with Gasteiger partial charge in [-0.25, -0.2) is 8.42 Å². The summed E-state index contributed by atoms with van der Waals surface area (Å²) >= 11 is 0. The summed E-state index contributed by atoms with van der Waals surface area (Å²) in [6.07, 6.45) is 0. The number of hydrogen-bond acceptors (Lipinski definition) is 5. The van der Waals surface area contributed by atoms with Crippen molar-refractivity contribution in [3.63, 3.8) is 0 Å². The third kappa shape index (κ3) is 2.74. The number of carbonyl (C=O) groups is 1. The van der Waals surface area contributed by atoms with Crippen molar-refractivity contribution in [2.24, 2.45) is 5.84 Å². The molecule has 0 bridgehead atoms. The van der Waals surface area contributed by atoms with E-state index < -0.39 is 16.1 Å². The minimum atomic E-state index is -3.73. The largest absolute Gasteiger partial charge is 0.353 e. The van der Waals surface area contributed by atoms with Gasteiger partial charge in [0.25, 0.3) is 0 Å². The number of carbonyl (C=O) groups excluding carboxylic acids is 1. The number of rotatable bonds is 3. The van der Waals surface area contributed by atoms with E-state index in [1.807, 2.05) is 0 Å². The molecule has 116 valence electrons. The molecule has 0 aromatic heterocycles. The van der Waals surface area contributed by atoms with Gasteiger partial charge in [-0.05, 0) is 44.0 Å². The number of aryl methyl sites for hydroxylation is 2. The summed E-state index contributed by atoms with van der Waals surface area (Å²) in [7, 11) is -3.73. The van der Waals surface area contributed by atoms with E-state index in [0.29, 0.717) is 23.4 Å². The second kappa shape index (κ2) is 5.63. The molecule has 1 aliphatic heterocycles. The van der Waals surface area contributed by atoms with E-state index >= 15 is 0 Å². The van der Waals surface area contributed by atoms with Crippen LogP contribution in [0, 0.1) is 13.8 Å². The Morgan fingerprint density at radius 2 is 1.90 bits per heavy atom. The average Bonchev–Trinajstić information content (AvgIpc) is 2.40. The highest BCUT2D eigenvalue weighted by Gasteiger charge is 2.37. The van der Waals surface area contributed by atoms with Crippen LogP contribution < -0.4 is 16.6 Å². The molecule has 8 heteroatoms. The van der Waals surface area contributed by atoms with Crippen LogP contribution in [-0.4, -0.2) is 37.8 Å². The molecule has 1 aromatic rings. The molecule has 1 fully saturated rings.